The van der Waals surface area contributed by atoms with Crippen LogP contribution in [0.2, 0.25) is 0 Å². The quantitative estimate of drug-likeness (QED) is 0.117. The Kier molecular flexibility index (Phi) is 10.8. The van der Waals surface area contributed by atoms with Crippen LogP contribution in [0.5, 0.6) is 5.75 Å². The largest absolute Gasteiger partial charge is 0.496 e. The van der Waals surface area contributed by atoms with Gasteiger partial charge in [0.1, 0.15) is 24.7 Å². The van der Waals surface area contributed by atoms with Crippen molar-refractivity contribution in [3.63, 3.8) is 0 Å². The third-order valence-corrected chi connectivity index (χ3v) is 8.37. The SMILES string of the molecule is C=C(F)C(=O)Nc1ccc(-c2c(-c3ccc(C(=O)NCC(F)(F)F)c(OC)c3)c3c(N)ncc(C#CCOC4CCN(C)CC4)c3n2C)cc1. The number of hydrogen-bond acceptors (Lipinski definition) is 7. The molecule has 0 radical (unpaired) electrons. The Morgan fingerprint density at radius 3 is 2.42 bits per heavy atom. The van der Waals surface area contributed by atoms with Gasteiger partial charge in [0, 0.05) is 37.6 Å². The van der Waals surface area contributed by atoms with E-state index in [9.17, 15) is 27.2 Å². The number of carbonyl (C=O) groups excluding carboxylic acids is 2. The van der Waals surface area contributed by atoms with Gasteiger partial charge in [-0.3, -0.25) is 9.59 Å². The first-order valence-corrected chi connectivity index (χ1v) is 15.6. The van der Waals surface area contributed by atoms with Crippen molar-refractivity contribution in [1.82, 2.24) is 19.8 Å². The lowest BCUT2D eigenvalue weighted by Crippen LogP contribution is -2.34. The molecule has 10 nitrogen and oxygen atoms in total. The zero-order chi connectivity index (χ0) is 36.2. The summed E-state index contributed by atoms with van der Waals surface area (Å²) in [5.41, 5.74) is 10.4. The number of likely N-dealkylation sites (tertiary alicyclic amines) is 1. The number of fused-ring (bicyclic) bond motifs is 1. The number of nitrogens with one attached hydrogen (secondary N) is 2. The normalized spacial score (nSPS) is 13.8. The number of aromatic nitrogens is 2. The number of benzene rings is 2. The molecule has 3 heterocycles. The standard InChI is InChI=1S/C36H36F4N6O4/c1-21(37)34(47)44-25-10-7-22(8-11-25)31-29(23-9-12-27(28(18-23)49-4)35(48)43-20-36(38,39)40)30-32(46(31)3)24(19-42-33(30)41)6-5-17-50-26-13-15-45(2)16-14-26/h7-12,18-19,26H,1,13-17,20H2,2-4H3,(H2,41,42)(H,43,48)(H,44,47). The predicted octanol–water partition coefficient (Wildman–Crippen LogP) is 5.67. The molecular weight excluding hydrogens is 656 g/mol. The third-order valence-electron chi connectivity index (χ3n) is 8.37. The summed E-state index contributed by atoms with van der Waals surface area (Å²) in [5, 5.41) is 4.83. The van der Waals surface area contributed by atoms with Gasteiger partial charge in [-0.2, -0.15) is 13.2 Å². The topological polar surface area (TPSA) is 124 Å². The maximum absolute atomic E-state index is 13.3. The molecule has 5 rings (SSSR count). The first kappa shape index (κ1) is 35.9. The van der Waals surface area contributed by atoms with Gasteiger partial charge in [0.2, 0.25) is 0 Å². The zero-order valence-electron chi connectivity index (χ0n) is 27.7. The molecule has 1 fully saturated rings. The smallest absolute Gasteiger partial charge is 0.405 e. The molecule has 262 valence electrons. The summed E-state index contributed by atoms with van der Waals surface area (Å²) in [5.74, 6) is 3.42. The summed E-state index contributed by atoms with van der Waals surface area (Å²) in [4.78, 5) is 31.3. The Balaban J connectivity index is 1.61. The van der Waals surface area contributed by atoms with Gasteiger partial charge in [-0.1, -0.05) is 36.6 Å². The van der Waals surface area contributed by atoms with Crippen LogP contribution >= 0.6 is 0 Å². The number of nitrogen functional groups attached to an aromatic ring is 1. The number of carbonyl (C=O) groups is 2. The van der Waals surface area contributed by atoms with Gasteiger partial charge in [0.05, 0.1) is 40.9 Å². The molecular formula is C36H36F4N6O4. The monoisotopic (exact) mass is 692 g/mol. The van der Waals surface area contributed by atoms with Crippen molar-refractivity contribution >= 4 is 34.2 Å². The minimum Gasteiger partial charge on any atom is -0.496 e. The van der Waals surface area contributed by atoms with E-state index in [4.69, 9.17) is 15.2 Å². The number of methoxy groups -OCH3 is 1. The van der Waals surface area contributed by atoms with Gasteiger partial charge >= 0.3 is 6.18 Å². The molecule has 0 bridgehead atoms. The molecule has 1 aliphatic heterocycles. The number of nitrogens with zero attached hydrogens (tertiary/aromatic N) is 3. The molecule has 1 aliphatic rings. The Bertz CT molecular complexity index is 1990. The van der Waals surface area contributed by atoms with Crippen LogP contribution < -0.4 is 21.1 Å². The average molecular weight is 693 g/mol. The van der Waals surface area contributed by atoms with Gasteiger partial charge in [-0.05, 0) is 55.3 Å². The van der Waals surface area contributed by atoms with E-state index < -0.39 is 30.4 Å². The molecule has 2 aromatic carbocycles. The molecule has 0 spiro atoms. The Labute approximate surface area is 286 Å². The second-order valence-corrected chi connectivity index (χ2v) is 11.8. The lowest BCUT2D eigenvalue weighted by atomic mass is 9.96. The fourth-order valence-corrected chi connectivity index (χ4v) is 5.88. The predicted molar refractivity (Wildman–Crippen MR) is 183 cm³/mol. The number of ether oxygens (including phenoxy) is 2. The molecule has 0 saturated carbocycles. The summed E-state index contributed by atoms with van der Waals surface area (Å²) in [6.45, 7) is 3.64. The maximum atomic E-state index is 13.3. The fraction of sp³-hybridized carbons (Fsp3) is 0.306. The fourth-order valence-electron chi connectivity index (χ4n) is 5.88. The van der Waals surface area contributed by atoms with Crippen LogP contribution in [-0.2, 0) is 16.6 Å². The van der Waals surface area contributed by atoms with Crippen molar-refractivity contribution in [1.29, 1.82) is 0 Å². The van der Waals surface area contributed by atoms with Gasteiger partial charge in [-0.25, -0.2) is 9.37 Å². The second kappa shape index (κ2) is 15.0. The van der Waals surface area contributed by atoms with E-state index in [0.717, 1.165) is 25.9 Å². The van der Waals surface area contributed by atoms with Crippen molar-refractivity contribution in [3.8, 4) is 40.0 Å². The Hall–Kier alpha value is -5.39. The number of nitrogens with two attached hydrogens (primary N) is 1. The molecule has 4 N–H and O–H groups in total. The van der Waals surface area contributed by atoms with Crippen molar-refractivity contribution in [2.45, 2.75) is 25.1 Å². The number of amides is 2. The van der Waals surface area contributed by atoms with Crippen LogP contribution in [0.15, 0.2) is 61.1 Å². The maximum Gasteiger partial charge on any atom is 0.405 e. The van der Waals surface area contributed by atoms with Crippen molar-refractivity contribution in [2.75, 3.05) is 51.4 Å². The van der Waals surface area contributed by atoms with Crippen LogP contribution in [0.25, 0.3) is 33.3 Å². The van der Waals surface area contributed by atoms with Crippen molar-refractivity contribution in [2.24, 2.45) is 7.05 Å². The number of halogens is 4. The lowest BCUT2D eigenvalue weighted by molar-refractivity contribution is -0.123. The highest BCUT2D eigenvalue weighted by Crippen LogP contribution is 2.44. The number of alkyl halides is 3. The van der Waals surface area contributed by atoms with E-state index in [1.807, 2.05) is 16.9 Å². The van der Waals surface area contributed by atoms with E-state index in [1.54, 1.807) is 36.5 Å². The highest BCUT2D eigenvalue weighted by molar-refractivity contribution is 6.11. The molecule has 1 saturated heterocycles. The van der Waals surface area contributed by atoms with Crippen LogP contribution in [0.3, 0.4) is 0 Å². The van der Waals surface area contributed by atoms with Crippen LogP contribution in [-0.4, -0.2) is 78.9 Å². The van der Waals surface area contributed by atoms with Gasteiger partial charge in [-0.15, -0.1) is 0 Å². The molecule has 0 aliphatic carbocycles. The number of hydrogen-bond donors (Lipinski definition) is 3. The molecule has 2 aromatic heterocycles. The zero-order valence-corrected chi connectivity index (χ0v) is 27.7. The van der Waals surface area contributed by atoms with Crippen LogP contribution in [0.1, 0.15) is 28.8 Å². The molecule has 4 aromatic rings. The van der Waals surface area contributed by atoms with Crippen molar-refractivity contribution in [3.05, 3.63) is 72.2 Å². The Morgan fingerprint density at radius 2 is 1.78 bits per heavy atom. The van der Waals surface area contributed by atoms with E-state index >= 15 is 0 Å². The second-order valence-electron chi connectivity index (χ2n) is 11.8. The van der Waals surface area contributed by atoms with E-state index in [2.05, 4.69) is 40.7 Å². The first-order valence-electron chi connectivity index (χ1n) is 15.6. The number of anilines is 2. The average Bonchev–Trinajstić information content (AvgIpc) is 3.40. The molecule has 2 amide bonds. The summed E-state index contributed by atoms with van der Waals surface area (Å²) in [6, 6.07) is 11.1. The van der Waals surface area contributed by atoms with Crippen LogP contribution in [0, 0.1) is 11.8 Å². The van der Waals surface area contributed by atoms with Gasteiger partial charge in [0.25, 0.3) is 11.8 Å². The van der Waals surface area contributed by atoms with Crippen LogP contribution in [0.4, 0.5) is 29.1 Å². The van der Waals surface area contributed by atoms with Gasteiger partial charge < -0.3 is 35.3 Å². The minimum absolute atomic E-state index is 0.0307. The number of piperidine rings is 1. The van der Waals surface area contributed by atoms with Gasteiger partial charge in [0.15, 0.2) is 5.83 Å². The van der Waals surface area contributed by atoms with E-state index in [-0.39, 0.29) is 29.8 Å². The number of pyridine rings is 1. The molecule has 14 heteroatoms. The van der Waals surface area contributed by atoms with E-state index in [0.29, 0.717) is 44.5 Å². The number of aryl methyl sites for hydroxylation is 1. The summed E-state index contributed by atoms with van der Waals surface area (Å²) >= 11 is 0. The third kappa shape index (κ3) is 8.07. The molecule has 0 atom stereocenters. The lowest BCUT2D eigenvalue weighted by Gasteiger charge is -2.28. The molecule has 0 unspecified atom stereocenters. The summed E-state index contributed by atoms with van der Waals surface area (Å²) in [6.07, 6.45) is -1.04. The first-order chi connectivity index (χ1) is 23.8. The molecule has 50 heavy (non-hydrogen) atoms. The van der Waals surface area contributed by atoms with Crippen molar-refractivity contribution < 1.29 is 36.6 Å². The minimum atomic E-state index is -4.59. The highest BCUT2D eigenvalue weighted by atomic mass is 19.4. The Morgan fingerprint density at radius 1 is 1.10 bits per heavy atom. The van der Waals surface area contributed by atoms with E-state index in [1.165, 1.54) is 19.2 Å². The summed E-state index contributed by atoms with van der Waals surface area (Å²) < 4.78 is 65.2. The highest BCUT2D eigenvalue weighted by Gasteiger charge is 2.29. The summed E-state index contributed by atoms with van der Waals surface area (Å²) in [7, 11) is 5.20. The number of rotatable bonds is 9.